The van der Waals surface area contributed by atoms with Gasteiger partial charge in [0.25, 0.3) is 0 Å². The summed E-state index contributed by atoms with van der Waals surface area (Å²) in [5.74, 6) is 0.219. The molecule has 1 aliphatic heterocycles. The lowest BCUT2D eigenvalue weighted by Crippen LogP contribution is -2.45. The molecule has 1 fully saturated rings. The van der Waals surface area contributed by atoms with Crippen LogP contribution >= 0.6 is 22.6 Å². The molecule has 0 atom stereocenters. The molecule has 22 heavy (non-hydrogen) atoms. The van der Waals surface area contributed by atoms with Crippen LogP contribution in [0.3, 0.4) is 0 Å². The third-order valence-electron chi connectivity index (χ3n) is 3.91. The van der Waals surface area contributed by atoms with E-state index in [9.17, 15) is 9.59 Å². The van der Waals surface area contributed by atoms with Gasteiger partial charge < -0.3 is 10.2 Å². The molecule has 0 aromatic heterocycles. The number of halogens is 1. The van der Waals surface area contributed by atoms with E-state index in [0.717, 1.165) is 22.1 Å². The van der Waals surface area contributed by atoms with Gasteiger partial charge in [0.05, 0.1) is 0 Å². The first-order chi connectivity index (χ1) is 10.3. The molecule has 0 bridgehead atoms. The molecule has 1 heterocycles. The number of hydrogen-bond donors (Lipinski definition) is 1. The minimum absolute atomic E-state index is 0.0108. The molecule has 1 aromatic carbocycles. The molecule has 4 nitrogen and oxygen atoms in total. The summed E-state index contributed by atoms with van der Waals surface area (Å²) in [6.07, 6.45) is 1.47. The average Bonchev–Trinajstić information content (AvgIpc) is 2.48. The lowest BCUT2D eigenvalue weighted by Gasteiger charge is -2.35. The van der Waals surface area contributed by atoms with Gasteiger partial charge in [0.1, 0.15) is 0 Å². The van der Waals surface area contributed by atoms with Gasteiger partial charge in [-0.3, -0.25) is 9.59 Å². The molecule has 120 valence electrons. The van der Waals surface area contributed by atoms with Crippen molar-refractivity contribution in [1.29, 1.82) is 0 Å². The zero-order chi connectivity index (χ0) is 16.3. The Hall–Kier alpha value is -1.11. The van der Waals surface area contributed by atoms with E-state index in [2.05, 4.69) is 27.9 Å². The van der Waals surface area contributed by atoms with E-state index in [4.69, 9.17) is 0 Å². The SMILES string of the molecule is CC(C)(C)C(=O)N1CCC(C(=O)Nc2ccc(I)cc2)CC1. The van der Waals surface area contributed by atoms with E-state index in [1.54, 1.807) is 0 Å². The monoisotopic (exact) mass is 414 g/mol. The Balaban J connectivity index is 1.87. The molecule has 5 heteroatoms. The molecule has 0 unspecified atom stereocenters. The van der Waals surface area contributed by atoms with E-state index in [1.165, 1.54) is 0 Å². The Morgan fingerprint density at radius 3 is 2.18 bits per heavy atom. The number of piperidine rings is 1. The summed E-state index contributed by atoms with van der Waals surface area (Å²) in [4.78, 5) is 26.4. The maximum Gasteiger partial charge on any atom is 0.227 e. The minimum atomic E-state index is -0.351. The van der Waals surface area contributed by atoms with Gasteiger partial charge >= 0.3 is 0 Å². The van der Waals surface area contributed by atoms with Crippen LogP contribution in [0.15, 0.2) is 24.3 Å². The van der Waals surface area contributed by atoms with E-state index in [-0.39, 0.29) is 23.1 Å². The van der Waals surface area contributed by atoms with Crippen molar-refractivity contribution in [2.24, 2.45) is 11.3 Å². The van der Waals surface area contributed by atoms with Crippen LogP contribution in [0, 0.1) is 14.9 Å². The van der Waals surface area contributed by atoms with E-state index >= 15 is 0 Å². The predicted molar refractivity (Wildman–Crippen MR) is 96.5 cm³/mol. The highest BCUT2D eigenvalue weighted by Gasteiger charge is 2.32. The van der Waals surface area contributed by atoms with Gasteiger partial charge in [0.2, 0.25) is 11.8 Å². The molecule has 1 aromatic rings. The molecular formula is C17H23IN2O2. The number of amides is 2. The van der Waals surface area contributed by atoms with Crippen LogP contribution in [-0.2, 0) is 9.59 Å². The summed E-state index contributed by atoms with van der Waals surface area (Å²) < 4.78 is 1.14. The van der Waals surface area contributed by atoms with E-state index in [0.29, 0.717) is 13.1 Å². The number of hydrogen-bond acceptors (Lipinski definition) is 2. The largest absolute Gasteiger partial charge is 0.342 e. The number of nitrogens with zero attached hydrogens (tertiary/aromatic N) is 1. The molecule has 1 aliphatic rings. The first kappa shape index (κ1) is 17.2. The summed E-state index contributed by atoms with van der Waals surface area (Å²) >= 11 is 2.24. The van der Waals surface area contributed by atoms with Crippen molar-refractivity contribution in [2.75, 3.05) is 18.4 Å². The molecular weight excluding hydrogens is 391 g/mol. The highest BCUT2D eigenvalue weighted by Crippen LogP contribution is 2.24. The number of anilines is 1. The quantitative estimate of drug-likeness (QED) is 0.754. The van der Waals surface area contributed by atoms with Crippen molar-refractivity contribution in [3.63, 3.8) is 0 Å². The topological polar surface area (TPSA) is 49.4 Å². The zero-order valence-electron chi connectivity index (χ0n) is 13.4. The molecule has 2 amide bonds. The normalized spacial score (nSPS) is 16.5. The Labute approximate surface area is 145 Å². The van der Waals surface area contributed by atoms with Crippen LogP contribution in [0.2, 0.25) is 0 Å². The maximum absolute atomic E-state index is 12.3. The number of benzene rings is 1. The number of carbonyl (C=O) groups excluding carboxylic acids is 2. The second-order valence-corrected chi connectivity index (χ2v) is 8.06. The van der Waals surface area contributed by atoms with Crippen LogP contribution in [-0.4, -0.2) is 29.8 Å². The fourth-order valence-corrected chi connectivity index (χ4v) is 2.96. The Morgan fingerprint density at radius 2 is 1.68 bits per heavy atom. The maximum atomic E-state index is 12.3. The highest BCUT2D eigenvalue weighted by molar-refractivity contribution is 14.1. The minimum Gasteiger partial charge on any atom is -0.342 e. The second kappa shape index (κ2) is 6.98. The first-order valence-electron chi connectivity index (χ1n) is 7.63. The van der Waals surface area contributed by atoms with Crippen molar-refractivity contribution in [2.45, 2.75) is 33.6 Å². The third kappa shape index (κ3) is 4.44. The Bertz CT molecular complexity index is 541. The van der Waals surface area contributed by atoms with Crippen molar-refractivity contribution in [1.82, 2.24) is 4.90 Å². The molecule has 0 saturated carbocycles. The summed E-state index contributed by atoms with van der Waals surface area (Å²) in [5, 5.41) is 2.97. The lowest BCUT2D eigenvalue weighted by molar-refractivity contribution is -0.142. The van der Waals surface area contributed by atoms with Gasteiger partial charge in [-0.1, -0.05) is 20.8 Å². The van der Waals surface area contributed by atoms with Crippen LogP contribution < -0.4 is 5.32 Å². The molecule has 1 N–H and O–H groups in total. The van der Waals surface area contributed by atoms with Crippen LogP contribution in [0.5, 0.6) is 0 Å². The van der Waals surface area contributed by atoms with Gasteiger partial charge in [-0.05, 0) is 59.7 Å². The number of likely N-dealkylation sites (tertiary alicyclic amines) is 1. The molecule has 2 rings (SSSR count). The summed E-state index contributed by atoms with van der Waals surface area (Å²) in [7, 11) is 0. The van der Waals surface area contributed by atoms with E-state index < -0.39 is 0 Å². The Kier molecular flexibility index (Phi) is 5.47. The van der Waals surface area contributed by atoms with Crippen LogP contribution in [0.4, 0.5) is 5.69 Å². The first-order valence-corrected chi connectivity index (χ1v) is 8.71. The Morgan fingerprint density at radius 1 is 1.14 bits per heavy atom. The molecule has 0 aliphatic carbocycles. The fourth-order valence-electron chi connectivity index (χ4n) is 2.60. The van der Waals surface area contributed by atoms with Gasteiger partial charge in [0, 0.05) is 33.7 Å². The fraction of sp³-hybridized carbons (Fsp3) is 0.529. The zero-order valence-corrected chi connectivity index (χ0v) is 15.5. The van der Waals surface area contributed by atoms with E-state index in [1.807, 2.05) is 49.9 Å². The summed E-state index contributed by atoms with van der Waals surface area (Å²) in [5.41, 5.74) is 0.481. The number of rotatable bonds is 2. The van der Waals surface area contributed by atoms with Gasteiger partial charge in [-0.2, -0.15) is 0 Å². The van der Waals surface area contributed by atoms with Gasteiger partial charge in [-0.25, -0.2) is 0 Å². The molecule has 1 saturated heterocycles. The molecule has 0 spiro atoms. The summed E-state index contributed by atoms with van der Waals surface area (Å²) in [6, 6.07) is 7.78. The number of carbonyl (C=O) groups is 2. The average molecular weight is 414 g/mol. The second-order valence-electron chi connectivity index (χ2n) is 6.81. The lowest BCUT2D eigenvalue weighted by atomic mass is 9.90. The van der Waals surface area contributed by atoms with Gasteiger partial charge in [-0.15, -0.1) is 0 Å². The molecule has 0 radical (unpaired) electrons. The van der Waals surface area contributed by atoms with Crippen LogP contribution in [0.1, 0.15) is 33.6 Å². The standard InChI is InChI=1S/C17H23IN2O2/c1-17(2,3)16(22)20-10-8-12(9-11-20)15(21)19-14-6-4-13(18)5-7-14/h4-7,12H,8-11H2,1-3H3,(H,19,21). The van der Waals surface area contributed by atoms with Crippen molar-refractivity contribution in [3.05, 3.63) is 27.8 Å². The smallest absolute Gasteiger partial charge is 0.227 e. The van der Waals surface area contributed by atoms with Crippen molar-refractivity contribution >= 4 is 40.1 Å². The van der Waals surface area contributed by atoms with Crippen LogP contribution in [0.25, 0.3) is 0 Å². The predicted octanol–water partition coefficient (Wildman–Crippen LogP) is 3.51. The summed E-state index contributed by atoms with van der Waals surface area (Å²) in [6.45, 7) is 7.14. The number of nitrogens with one attached hydrogen (secondary N) is 1. The van der Waals surface area contributed by atoms with Gasteiger partial charge in [0.15, 0.2) is 0 Å². The van der Waals surface area contributed by atoms with Crippen molar-refractivity contribution in [3.8, 4) is 0 Å². The third-order valence-corrected chi connectivity index (χ3v) is 4.63. The highest BCUT2D eigenvalue weighted by atomic mass is 127. The van der Waals surface area contributed by atoms with Crippen molar-refractivity contribution < 1.29 is 9.59 Å².